The van der Waals surface area contributed by atoms with Gasteiger partial charge in [0.25, 0.3) is 0 Å². The summed E-state index contributed by atoms with van der Waals surface area (Å²) in [5.74, 6) is 0.921. The Morgan fingerprint density at radius 1 is 0.917 bits per heavy atom. The smallest absolute Gasteiger partial charge is 0.217 e. The molecule has 0 aliphatic heterocycles. The van der Waals surface area contributed by atoms with E-state index in [1.165, 1.54) is 10.5 Å². The zero-order valence-corrected chi connectivity index (χ0v) is 15.0. The molecule has 0 radical (unpaired) electrons. The second kappa shape index (κ2) is 6.93. The second-order valence-corrected chi connectivity index (χ2v) is 7.52. The molecule has 0 unspecified atom stereocenters. The molecular formula is C19H13ClN2S2. The van der Waals surface area contributed by atoms with E-state index in [0.717, 1.165) is 27.2 Å². The van der Waals surface area contributed by atoms with E-state index >= 15 is 0 Å². The van der Waals surface area contributed by atoms with Crippen molar-refractivity contribution < 1.29 is 0 Å². The van der Waals surface area contributed by atoms with E-state index in [2.05, 4.69) is 52.4 Å². The average Bonchev–Trinajstić information content (AvgIpc) is 3.09. The van der Waals surface area contributed by atoms with Crippen LogP contribution in [-0.4, -0.2) is 9.97 Å². The Kier molecular flexibility index (Phi) is 4.52. The molecule has 0 aliphatic carbocycles. The fourth-order valence-electron chi connectivity index (χ4n) is 2.54. The van der Waals surface area contributed by atoms with Crippen LogP contribution in [0.5, 0.6) is 0 Å². The van der Waals surface area contributed by atoms with E-state index in [0.29, 0.717) is 5.28 Å². The SMILES string of the molecule is Clc1nc(-c2ccccc2SCc2ccccc2)c2sccc2n1. The first-order valence-electron chi connectivity index (χ1n) is 7.48. The van der Waals surface area contributed by atoms with E-state index in [1.807, 2.05) is 35.3 Å². The largest absolute Gasteiger partial charge is 0.223 e. The van der Waals surface area contributed by atoms with Gasteiger partial charge in [-0.25, -0.2) is 9.97 Å². The summed E-state index contributed by atoms with van der Waals surface area (Å²) in [6.45, 7) is 0. The molecule has 0 bridgehead atoms. The molecule has 2 heterocycles. The molecule has 5 heteroatoms. The summed E-state index contributed by atoms with van der Waals surface area (Å²) in [5.41, 5.74) is 4.23. The lowest BCUT2D eigenvalue weighted by Gasteiger charge is -2.10. The summed E-state index contributed by atoms with van der Waals surface area (Å²) in [6.07, 6.45) is 0. The summed E-state index contributed by atoms with van der Waals surface area (Å²) >= 11 is 9.59. The van der Waals surface area contributed by atoms with Gasteiger partial charge in [0.15, 0.2) is 0 Å². The number of benzene rings is 2. The minimum Gasteiger partial charge on any atom is -0.217 e. The molecule has 2 aromatic carbocycles. The molecule has 0 saturated heterocycles. The number of thioether (sulfide) groups is 1. The lowest BCUT2D eigenvalue weighted by molar-refractivity contribution is 1.22. The van der Waals surface area contributed by atoms with E-state index in [1.54, 1.807) is 11.3 Å². The van der Waals surface area contributed by atoms with Gasteiger partial charge in [-0.3, -0.25) is 0 Å². The number of aromatic nitrogens is 2. The maximum Gasteiger partial charge on any atom is 0.223 e. The van der Waals surface area contributed by atoms with Crippen LogP contribution in [0.2, 0.25) is 5.28 Å². The molecule has 0 N–H and O–H groups in total. The first-order chi connectivity index (χ1) is 11.8. The van der Waals surface area contributed by atoms with Crippen LogP contribution in [0.15, 0.2) is 70.9 Å². The predicted octanol–water partition coefficient (Wildman–Crippen LogP) is 6.30. The summed E-state index contributed by atoms with van der Waals surface area (Å²) in [7, 11) is 0. The number of hydrogen-bond donors (Lipinski definition) is 0. The van der Waals surface area contributed by atoms with Crippen molar-refractivity contribution in [2.75, 3.05) is 0 Å². The van der Waals surface area contributed by atoms with Crippen molar-refractivity contribution in [2.45, 2.75) is 10.6 Å². The van der Waals surface area contributed by atoms with Gasteiger partial charge in [-0.1, -0.05) is 48.5 Å². The monoisotopic (exact) mass is 368 g/mol. The molecule has 0 aliphatic rings. The number of thiophene rings is 1. The van der Waals surface area contributed by atoms with Crippen LogP contribution < -0.4 is 0 Å². The Hall–Kier alpha value is -1.88. The number of hydrogen-bond acceptors (Lipinski definition) is 4. The van der Waals surface area contributed by atoms with Crippen LogP contribution in [0.25, 0.3) is 21.5 Å². The van der Waals surface area contributed by atoms with Crippen molar-refractivity contribution in [1.82, 2.24) is 9.97 Å². The van der Waals surface area contributed by atoms with Crippen LogP contribution in [0.1, 0.15) is 5.56 Å². The maximum atomic E-state index is 6.13. The highest BCUT2D eigenvalue weighted by Crippen LogP contribution is 2.37. The van der Waals surface area contributed by atoms with Gasteiger partial charge in [-0.15, -0.1) is 23.1 Å². The quantitative estimate of drug-likeness (QED) is 0.312. The lowest BCUT2D eigenvalue weighted by atomic mass is 10.1. The molecule has 2 nitrogen and oxygen atoms in total. The molecule has 24 heavy (non-hydrogen) atoms. The van der Waals surface area contributed by atoms with E-state index in [4.69, 9.17) is 11.6 Å². The van der Waals surface area contributed by atoms with E-state index < -0.39 is 0 Å². The second-order valence-electron chi connectivity index (χ2n) is 5.25. The number of halogens is 1. The number of nitrogens with zero attached hydrogens (tertiary/aromatic N) is 2. The summed E-state index contributed by atoms with van der Waals surface area (Å²) < 4.78 is 1.08. The van der Waals surface area contributed by atoms with E-state index in [9.17, 15) is 0 Å². The topological polar surface area (TPSA) is 25.8 Å². The molecule has 0 spiro atoms. The summed E-state index contributed by atoms with van der Waals surface area (Å²) in [6, 6.07) is 20.8. The minimum atomic E-state index is 0.291. The fraction of sp³-hybridized carbons (Fsp3) is 0.0526. The summed E-state index contributed by atoms with van der Waals surface area (Å²) in [4.78, 5) is 10.0. The molecule has 0 amide bonds. The first kappa shape index (κ1) is 15.6. The molecule has 2 aromatic heterocycles. The van der Waals surface area contributed by atoms with Crippen molar-refractivity contribution in [2.24, 2.45) is 0 Å². The Labute approximate surface area is 153 Å². The van der Waals surface area contributed by atoms with Crippen molar-refractivity contribution in [3.05, 3.63) is 76.9 Å². The van der Waals surface area contributed by atoms with Gasteiger partial charge in [0.1, 0.15) is 0 Å². The predicted molar refractivity (Wildman–Crippen MR) is 104 cm³/mol. The van der Waals surface area contributed by atoms with Crippen LogP contribution in [-0.2, 0) is 5.75 Å². The van der Waals surface area contributed by atoms with Gasteiger partial charge in [0.2, 0.25) is 5.28 Å². The average molecular weight is 369 g/mol. The Morgan fingerprint density at radius 2 is 1.71 bits per heavy atom. The van der Waals surface area contributed by atoms with Crippen molar-refractivity contribution in [3.8, 4) is 11.3 Å². The molecule has 4 aromatic rings. The molecule has 0 fully saturated rings. The van der Waals surface area contributed by atoms with Crippen LogP contribution in [0.4, 0.5) is 0 Å². The maximum absolute atomic E-state index is 6.13. The zero-order chi connectivity index (χ0) is 16.4. The standard InChI is InChI=1S/C19H13ClN2S2/c20-19-21-15-10-11-23-18(15)17(22-19)14-8-4-5-9-16(14)24-12-13-6-2-1-3-7-13/h1-11H,12H2. The number of rotatable bonds is 4. The van der Waals surface area contributed by atoms with Crippen LogP contribution in [0.3, 0.4) is 0 Å². The highest BCUT2D eigenvalue weighted by molar-refractivity contribution is 7.98. The van der Waals surface area contributed by atoms with Crippen LogP contribution in [0, 0.1) is 0 Å². The highest BCUT2D eigenvalue weighted by atomic mass is 35.5. The molecular weight excluding hydrogens is 356 g/mol. The third kappa shape index (κ3) is 3.18. The van der Waals surface area contributed by atoms with Gasteiger partial charge in [-0.2, -0.15) is 0 Å². The Morgan fingerprint density at radius 3 is 2.58 bits per heavy atom. The lowest BCUT2D eigenvalue weighted by Crippen LogP contribution is -1.91. The third-order valence-electron chi connectivity index (χ3n) is 3.66. The van der Waals surface area contributed by atoms with Crippen molar-refractivity contribution in [3.63, 3.8) is 0 Å². The third-order valence-corrected chi connectivity index (χ3v) is 5.88. The molecule has 118 valence electrons. The van der Waals surface area contributed by atoms with Gasteiger partial charge >= 0.3 is 0 Å². The number of fused-ring (bicyclic) bond motifs is 1. The molecule has 4 rings (SSSR count). The van der Waals surface area contributed by atoms with Gasteiger partial charge in [-0.05, 0) is 34.7 Å². The molecule has 0 saturated carbocycles. The van der Waals surface area contributed by atoms with Gasteiger partial charge in [0, 0.05) is 16.2 Å². The first-order valence-corrected chi connectivity index (χ1v) is 9.72. The van der Waals surface area contributed by atoms with E-state index in [-0.39, 0.29) is 0 Å². The van der Waals surface area contributed by atoms with Crippen molar-refractivity contribution in [1.29, 1.82) is 0 Å². The minimum absolute atomic E-state index is 0.291. The Bertz CT molecular complexity index is 983. The fourth-order valence-corrected chi connectivity index (χ4v) is 4.56. The summed E-state index contributed by atoms with van der Waals surface area (Å²) in [5, 5.41) is 2.32. The van der Waals surface area contributed by atoms with Gasteiger partial charge < -0.3 is 0 Å². The van der Waals surface area contributed by atoms with Gasteiger partial charge in [0.05, 0.1) is 15.9 Å². The normalized spacial score (nSPS) is 11.0. The highest BCUT2D eigenvalue weighted by Gasteiger charge is 2.13. The van der Waals surface area contributed by atoms with Crippen LogP contribution >= 0.6 is 34.7 Å². The van der Waals surface area contributed by atoms with Crippen molar-refractivity contribution >= 4 is 44.9 Å². The molecule has 0 atom stereocenters. The Balaban J connectivity index is 1.74. The zero-order valence-electron chi connectivity index (χ0n) is 12.6.